The van der Waals surface area contributed by atoms with E-state index in [9.17, 15) is 4.79 Å². The van der Waals surface area contributed by atoms with Crippen molar-refractivity contribution in [2.45, 2.75) is 51.1 Å². The molecule has 1 saturated heterocycles. The highest BCUT2D eigenvalue weighted by atomic mass is 35.5. The molecule has 1 saturated carbocycles. The zero-order valence-corrected chi connectivity index (χ0v) is 17.1. The number of hydrogen-bond acceptors (Lipinski definition) is 2. The third-order valence-corrected chi connectivity index (χ3v) is 6.52. The number of allylic oxidation sites excluding steroid dienone is 1. The van der Waals surface area contributed by atoms with Gasteiger partial charge in [-0.3, -0.25) is 9.78 Å². The van der Waals surface area contributed by atoms with Gasteiger partial charge in [-0.15, -0.1) is 6.58 Å². The molecule has 2 aromatic rings. The molecule has 2 unspecified atom stereocenters. The average molecular weight is 395 g/mol. The molecule has 1 amide bonds. The quantitative estimate of drug-likeness (QED) is 0.552. The van der Waals surface area contributed by atoms with Crippen LogP contribution >= 0.6 is 11.6 Å². The highest BCUT2D eigenvalue weighted by Gasteiger charge is 2.50. The van der Waals surface area contributed by atoms with Crippen LogP contribution in [0, 0.1) is 11.3 Å². The highest BCUT2D eigenvalue weighted by molar-refractivity contribution is 6.30. The van der Waals surface area contributed by atoms with E-state index >= 15 is 0 Å². The molecule has 4 rings (SSSR count). The zero-order valence-electron chi connectivity index (χ0n) is 16.4. The summed E-state index contributed by atoms with van der Waals surface area (Å²) in [5.41, 5.74) is 1.76. The van der Waals surface area contributed by atoms with Gasteiger partial charge in [-0.2, -0.15) is 0 Å². The second-order valence-electron chi connectivity index (χ2n) is 8.41. The van der Waals surface area contributed by atoms with Crippen LogP contribution in [-0.2, 0) is 4.79 Å². The Kier molecular flexibility index (Phi) is 5.29. The van der Waals surface area contributed by atoms with Crippen molar-refractivity contribution in [1.29, 1.82) is 0 Å². The maximum Gasteiger partial charge on any atom is 0.229 e. The maximum absolute atomic E-state index is 13.9. The Balaban J connectivity index is 1.78. The number of carbonyl (C=O) groups excluding carboxylic acids is 1. The van der Waals surface area contributed by atoms with Crippen LogP contribution in [0.5, 0.6) is 0 Å². The van der Waals surface area contributed by atoms with Gasteiger partial charge in [0.05, 0.1) is 23.2 Å². The monoisotopic (exact) mass is 394 g/mol. The minimum Gasteiger partial charge on any atom is -0.326 e. The lowest BCUT2D eigenvalue weighted by molar-refractivity contribution is -0.154. The molecular weight excluding hydrogens is 368 g/mol. The Hall–Kier alpha value is -2.13. The Morgan fingerprint density at radius 3 is 2.61 bits per heavy atom. The number of piperidine rings is 1. The van der Waals surface area contributed by atoms with Crippen LogP contribution in [0.4, 0.5) is 0 Å². The molecule has 146 valence electrons. The molecule has 28 heavy (non-hydrogen) atoms. The molecular formula is C24H27ClN2O. The number of pyridine rings is 1. The molecule has 2 heterocycles. The summed E-state index contributed by atoms with van der Waals surface area (Å²) < 4.78 is 0. The summed E-state index contributed by atoms with van der Waals surface area (Å²) in [6, 6.07) is 14.1. The summed E-state index contributed by atoms with van der Waals surface area (Å²) in [5.74, 6) is 0.709. The van der Waals surface area contributed by atoms with E-state index < -0.39 is 5.41 Å². The minimum absolute atomic E-state index is 0.0267. The maximum atomic E-state index is 13.9. The van der Waals surface area contributed by atoms with Crippen molar-refractivity contribution in [3.63, 3.8) is 0 Å². The van der Waals surface area contributed by atoms with Crippen LogP contribution in [0.3, 0.4) is 0 Å². The van der Waals surface area contributed by atoms with E-state index in [4.69, 9.17) is 11.6 Å². The number of benzene rings is 1. The summed E-state index contributed by atoms with van der Waals surface area (Å²) in [6.45, 7) is 5.99. The molecule has 0 spiro atoms. The molecule has 1 aliphatic carbocycles. The first-order valence-corrected chi connectivity index (χ1v) is 10.5. The molecule has 4 heteroatoms. The van der Waals surface area contributed by atoms with Gasteiger partial charge in [0.1, 0.15) is 0 Å². The van der Waals surface area contributed by atoms with Crippen molar-refractivity contribution in [2.24, 2.45) is 11.3 Å². The van der Waals surface area contributed by atoms with Gasteiger partial charge in [0, 0.05) is 11.2 Å². The van der Waals surface area contributed by atoms with E-state index in [0.717, 1.165) is 42.0 Å². The molecule has 3 nitrogen and oxygen atoms in total. The average Bonchev–Trinajstić information content (AvgIpc) is 3.53. The molecule has 2 aliphatic rings. The lowest BCUT2D eigenvalue weighted by Gasteiger charge is -2.48. The van der Waals surface area contributed by atoms with Gasteiger partial charge < -0.3 is 4.90 Å². The third kappa shape index (κ3) is 3.60. The standard InChI is InChI=1S/C24H27ClN2O/c1-3-14-24(2)15-13-21(17-9-11-19(25)12-10-17)27(23(24)28)22(18-7-8-18)20-6-4-5-16-26-20/h3-6,9-12,16,18,21-22H,1,7-8,13-15H2,2H3/t21-,22?,24?/m0/s1. The summed E-state index contributed by atoms with van der Waals surface area (Å²) in [7, 11) is 0. The Morgan fingerprint density at radius 1 is 1.25 bits per heavy atom. The van der Waals surface area contributed by atoms with Gasteiger partial charge in [0.15, 0.2) is 0 Å². The van der Waals surface area contributed by atoms with Crippen LogP contribution in [0.2, 0.25) is 5.02 Å². The topological polar surface area (TPSA) is 33.2 Å². The number of amides is 1. The number of aromatic nitrogens is 1. The van der Waals surface area contributed by atoms with E-state index in [1.54, 1.807) is 0 Å². The van der Waals surface area contributed by atoms with E-state index in [-0.39, 0.29) is 18.0 Å². The smallest absolute Gasteiger partial charge is 0.229 e. The van der Waals surface area contributed by atoms with Gasteiger partial charge in [-0.1, -0.05) is 42.8 Å². The normalized spacial score (nSPS) is 26.1. The summed E-state index contributed by atoms with van der Waals surface area (Å²) in [6.07, 6.45) is 8.52. The van der Waals surface area contributed by atoms with Gasteiger partial charge in [-0.05, 0) is 67.9 Å². The fourth-order valence-corrected chi connectivity index (χ4v) is 4.69. The van der Waals surface area contributed by atoms with Gasteiger partial charge in [0.2, 0.25) is 5.91 Å². The van der Waals surface area contributed by atoms with Gasteiger partial charge in [-0.25, -0.2) is 0 Å². The molecule has 0 radical (unpaired) electrons. The third-order valence-electron chi connectivity index (χ3n) is 6.26. The number of rotatable bonds is 6. The number of likely N-dealkylation sites (tertiary alicyclic amines) is 1. The second-order valence-corrected chi connectivity index (χ2v) is 8.85. The van der Waals surface area contributed by atoms with Crippen molar-refractivity contribution < 1.29 is 4.79 Å². The lowest BCUT2D eigenvalue weighted by Crippen LogP contribution is -2.50. The van der Waals surface area contributed by atoms with Crippen LogP contribution in [0.25, 0.3) is 0 Å². The molecule has 3 atom stereocenters. The van der Waals surface area contributed by atoms with Gasteiger partial charge >= 0.3 is 0 Å². The first-order valence-electron chi connectivity index (χ1n) is 10.1. The van der Waals surface area contributed by atoms with Crippen LogP contribution in [0.15, 0.2) is 61.3 Å². The van der Waals surface area contributed by atoms with E-state index in [2.05, 4.69) is 41.6 Å². The van der Waals surface area contributed by atoms with Crippen molar-refractivity contribution >= 4 is 17.5 Å². The summed E-state index contributed by atoms with van der Waals surface area (Å²) in [4.78, 5) is 20.7. The zero-order chi connectivity index (χ0) is 19.7. The molecule has 0 bridgehead atoms. The minimum atomic E-state index is -0.396. The van der Waals surface area contributed by atoms with Crippen LogP contribution in [0.1, 0.15) is 62.4 Å². The molecule has 1 aromatic heterocycles. The Bertz CT molecular complexity index is 847. The summed E-state index contributed by atoms with van der Waals surface area (Å²) in [5, 5.41) is 0.720. The predicted octanol–water partition coefficient (Wildman–Crippen LogP) is 6.13. The first kappa shape index (κ1) is 19.2. The molecule has 2 fully saturated rings. The highest BCUT2D eigenvalue weighted by Crippen LogP contribution is 2.52. The van der Waals surface area contributed by atoms with Crippen LogP contribution < -0.4 is 0 Å². The van der Waals surface area contributed by atoms with E-state index in [1.807, 2.05) is 36.5 Å². The lowest BCUT2D eigenvalue weighted by atomic mass is 9.74. The van der Waals surface area contributed by atoms with Crippen LogP contribution in [-0.4, -0.2) is 15.8 Å². The SMILES string of the molecule is C=CCC1(C)CC[C@@H](c2ccc(Cl)cc2)N(C(c2ccccn2)C2CC2)C1=O. The van der Waals surface area contributed by atoms with Crippen molar-refractivity contribution in [3.8, 4) is 0 Å². The molecule has 0 N–H and O–H groups in total. The van der Waals surface area contributed by atoms with E-state index in [0.29, 0.717) is 12.3 Å². The number of nitrogens with zero attached hydrogens (tertiary/aromatic N) is 2. The number of halogens is 1. The van der Waals surface area contributed by atoms with E-state index in [1.165, 1.54) is 0 Å². The second kappa shape index (κ2) is 7.71. The number of hydrogen-bond donors (Lipinski definition) is 0. The predicted molar refractivity (Wildman–Crippen MR) is 113 cm³/mol. The number of carbonyl (C=O) groups is 1. The molecule has 1 aliphatic heterocycles. The Labute approximate surface area is 172 Å². The fourth-order valence-electron chi connectivity index (χ4n) is 4.57. The van der Waals surface area contributed by atoms with Crippen molar-refractivity contribution in [1.82, 2.24) is 9.88 Å². The van der Waals surface area contributed by atoms with Crippen molar-refractivity contribution in [3.05, 3.63) is 77.6 Å². The fraction of sp³-hybridized carbons (Fsp3) is 0.417. The summed E-state index contributed by atoms with van der Waals surface area (Å²) >= 11 is 6.12. The van der Waals surface area contributed by atoms with Gasteiger partial charge in [0.25, 0.3) is 0 Å². The first-order chi connectivity index (χ1) is 13.5. The Morgan fingerprint density at radius 2 is 2.00 bits per heavy atom. The van der Waals surface area contributed by atoms with Crippen molar-refractivity contribution in [2.75, 3.05) is 0 Å². The largest absolute Gasteiger partial charge is 0.326 e. The molecule has 1 aromatic carbocycles.